The first kappa shape index (κ1) is 19.8. The number of nitrogens with zero attached hydrogens (tertiary/aromatic N) is 4. The van der Waals surface area contributed by atoms with Crippen molar-refractivity contribution >= 4 is 6.09 Å². The van der Waals surface area contributed by atoms with Crippen molar-refractivity contribution in [2.75, 3.05) is 13.1 Å². The van der Waals surface area contributed by atoms with Crippen LogP contribution in [0.2, 0.25) is 0 Å². The van der Waals surface area contributed by atoms with Crippen molar-refractivity contribution in [1.82, 2.24) is 15.0 Å². The van der Waals surface area contributed by atoms with Crippen LogP contribution in [-0.4, -0.2) is 39.8 Å². The number of rotatable bonds is 3. The second-order valence-electron chi connectivity index (χ2n) is 7.97. The minimum Gasteiger partial charge on any atom is -0.444 e. The molecular formula is C20H23FN4O3. The molecule has 1 aromatic carbocycles. The zero-order valence-electron chi connectivity index (χ0n) is 16.2. The highest BCUT2D eigenvalue weighted by Gasteiger charge is 2.27. The highest BCUT2D eigenvalue weighted by atomic mass is 19.1. The number of carbonyl (C=O) groups is 1. The molecule has 3 rings (SSSR count). The van der Waals surface area contributed by atoms with Crippen LogP contribution in [0.25, 0.3) is 11.5 Å². The summed E-state index contributed by atoms with van der Waals surface area (Å²) in [6.07, 6.45) is 1.97. The molecule has 1 fully saturated rings. The molecule has 0 radical (unpaired) electrons. The summed E-state index contributed by atoms with van der Waals surface area (Å²) >= 11 is 0. The Morgan fingerprint density at radius 1 is 1.36 bits per heavy atom. The summed E-state index contributed by atoms with van der Waals surface area (Å²) in [5, 5.41) is 12.9. The van der Waals surface area contributed by atoms with Gasteiger partial charge >= 0.3 is 6.09 Å². The second kappa shape index (κ2) is 7.97. The fourth-order valence-corrected chi connectivity index (χ4v) is 3.14. The zero-order valence-corrected chi connectivity index (χ0v) is 16.2. The summed E-state index contributed by atoms with van der Waals surface area (Å²) in [5.41, 5.74) is 0.0800. The summed E-state index contributed by atoms with van der Waals surface area (Å²) in [6.45, 7) is 6.80. The van der Waals surface area contributed by atoms with E-state index in [9.17, 15) is 9.18 Å². The number of ether oxygens (including phenoxy) is 1. The molecule has 7 nitrogen and oxygen atoms in total. The third-order valence-electron chi connectivity index (χ3n) is 4.48. The van der Waals surface area contributed by atoms with Crippen molar-refractivity contribution in [3.63, 3.8) is 0 Å². The zero-order chi connectivity index (χ0) is 20.3. The van der Waals surface area contributed by atoms with E-state index >= 15 is 0 Å². The number of amides is 1. The first-order valence-electron chi connectivity index (χ1n) is 9.25. The van der Waals surface area contributed by atoms with E-state index in [2.05, 4.69) is 10.1 Å². The molecule has 0 atom stereocenters. The predicted molar refractivity (Wildman–Crippen MR) is 98.6 cm³/mol. The number of hydrogen-bond acceptors (Lipinski definition) is 6. The van der Waals surface area contributed by atoms with Crippen LogP contribution in [0.5, 0.6) is 0 Å². The van der Waals surface area contributed by atoms with Crippen LogP contribution in [0.3, 0.4) is 0 Å². The molecule has 1 aromatic heterocycles. The van der Waals surface area contributed by atoms with E-state index in [0.29, 0.717) is 36.8 Å². The van der Waals surface area contributed by atoms with E-state index in [0.717, 1.165) is 18.9 Å². The fourth-order valence-electron chi connectivity index (χ4n) is 3.14. The Morgan fingerprint density at radius 3 is 2.71 bits per heavy atom. The molecule has 2 aromatic rings. The quantitative estimate of drug-likeness (QED) is 0.793. The Balaban J connectivity index is 1.58. The third kappa shape index (κ3) is 5.06. The minimum atomic E-state index is -0.525. The largest absolute Gasteiger partial charge is 0.444 e. The van der Waals surface area contributed by atoms with Gasteiger partial charge in [0.2, 0.25) is 0 Å². The van der Waals surface area contributed by atoms with E-state index < -0.39 is 11.4 Å². The third-order valence-corrected chi connectivity index (χ3v) is 4.48. The normalized spacial score (nSPS) is 15.3. The number of likely N-dealkylation sites (tertiary alicyclic amines) is 1. The van der Waals surface area contributed by atoms with Gasteiger partial charge in [0, 0.05) is 25.1 Å². The molecule has 1 aliphatic rings. The highest BCUT2D eigenvalue weighted by Crippen LogP contribution is 2.25. The number of benzene rings is 1. The summed E-state index contributed by atoms with van der Waals surface area (Å²) in [6, 6.07) is 5.83. The Morgan fingerprint density at radius 2 is 2.07 bits per heavy atom. The van der Waals surface area contributed by atoms with Crippen LogP contribution in [0.15, 0.2) is 22.7 Å². The monoisotopic (exact) mass is 386 g/mol. The van der Waals surface area contributed by atoms with Crippen LogP contribution < -0.4 is 0 Å². The van der Waals surface area contributed by atoms with Crippen molar-refractivity contribution < 1.29 is 18.4 Å². The highest BCUT2D eigenvalue weighted by molar-refractivity contribution is 5.68. The Bertz CT molecular complexity index is 890. The average molecular weight is 386 g/mol. The van der Waals surface area contributed by atoms with Crippen LogP contribution in [-0.2, 0) is 11.2 Å². The van der Waals surface area contributed by atoms with Gasteiger partial charge in [-0.25, -0.2) is 9.18 Å². The molecule has 0 spiro atoms. The maximum Gasteiger partial charge on any atom is 0.410 e. The lowest BCUT2D eigenvalue weighted by molar-refractivity contribution is 0.0183. The molecule has 1 saturated heterocycles. The Kier molecular flexibility index (Phi) is 5.63. The van der Waals surface area contributed by atoms with E-state index in [1.54, 1.807) is 4.90 Å². The topological polar surface area (TPSA) is 92.2 Å². The van der Waals surface area contributed by atoms with E-state index in [1.165, 1.54) is 12.1 Å². The predicted octanol–water partition coefficient (Wildman–Crippen LogP) is 3.94. The average Bonchev–Trinajstić information content (AvgIpc) is 3.09. The number of hydrogen-bond donors (Lipinski definition) is 0. The summed E-state index contributed by atoms with van der Waals surface area (Å²) in [4.78, 5) is 18.2. The molecule has 8 heteroatoms. The van der Waals surface area contributed by atoms with Gasteiger partial charge in [0.1, 0.15) is 11.4 Å². The van der Waals surface area contributed by atoms with Gasteiger partial charge in [0.05, 0.1) is 11.6 Å². The van der Waals surface area contributed by atoms with Crippen LogP contribution in [0.1, 0.15) is 45.0 Å². The number of carbonyl (C=O) groups excluding carboxylic acids is 1. The van der Waals surface area contributed by atoms with E-state index in [4.69, 9.17) is 14.5 Å². The fraction of sp³-hybridized carbons (Fsp3) is 0.500. The molecule has 148 valence electrons. The summed E-state index contributed by atoms with van der Waals surface area (Å²) in [5.74, 6) is 0.528. The van der Waals surface area contributed by atoms with Gasteiger partial charge in [-0.3, -0.25) is 0 Å². The number of nitriles is 1. The van der Waals surface area contributed by atoms with Crippen molar-refractivity contribution in [2.45, 2.75) is 45.6 Å². The van der Waals surface area contributed by atoms with Gasteiger partial charge < -0.3 is 14.2 Å². The van der Waals surface area contributed by atoms with Crippen molar-refractivity contribution in [2.24, 2.45) is 5.92 Å². The SMILES string of the molecule is CC(C)(C)OC(=O)N1CCC(Cc2noc(-c3cc(F)cc(C#N)c3)n2)CC1. The van der Waals surface area contributed by atoms with Crippen LogP contribution >= 0.6 is 0 Å². The van der Waals surface area contributed by atoms with Crippen molar-refractivity contribution in [1.29, 1.82) is 5.26 Å². The summed E-state index contributed by atoms with van der Waals surface area (Å²) < 4.78 is 24.2. The minimum absolute atomic E-state index is 0.192. The number of aromatic nitrogens is 2. The van der Waals surface area contributed by atoms with Gasteiger partial charge in [-0.1, -0.05) is 5.16 Å². The standard InChI is InChI=1S/C20H23FN4O3/c1-20(2,3)27-19(26)25-6-4-13(5-7-25)10-17-23-18(28-24-17)15-8-14(12-22)9-16(21)11-15/h8-9,11,13H,4-7,10H2,1-3H3. The van der Waals surface area contributed by atoms with Gasteiger partial charge in [-0.2, -0.15) is 10.2 Å². The van der Waals surface area contributed by atoms with Crippen molar-refractivity contribution in [3.8, 4) is 17.5 Å². The lowest BCUT2D eigenvalue weighted by Crippen LogP contribution is -2.42. The summed E-state index contributed by atoms with van der Waals surface area (Å²) in [7, 11) is 0. The van der Waals surface area contributed by atoms with Crippen molar-refractivity contribution in [3.05, 3.63) is 35.4 Å². The van der Waals surface area contributed by atoms with Gasteiger partial charge in [-0.15, -0.1) is 0 Å². The molecule has 0 N–H and O–H groups in total. The molecule has 1 aliphatic heterocycles. The van der Waals surface area contributed by atoms with Gasteiger partial charge in [-0.05, 0) is 57.7 Å². The second-order valence-corrected chi connectivity index (χ2v) is 7.97. The Labute approximate surface area is 163 Å². The molecule has 1 amide bonds. The van der Waals surface area contributed by atoms with E-state index in [-0.39, 0.29) is 17.5 Å². The van der Waals surface area contributed by atoms with Crippen LogP contribution in [0, 0.1) is 23.1 Å². The maximum atomic E-state index is 13.6. The molecule has 2 heterocycles. The van der Waals surface area contributed by atoms with Crippen LogP contribution in [0.4, 0.5) is 9.18 Å². The number of halogens is 1. The maximum absolute atomic E-state index is 13.6. The molecule has 0 aliphatic carbocycles. The lowest BCUT2D eigenvalue weighted by atomic mass is 9.93. The smallest absolute Gasteiger partial charge is 0.410 e. The molecule has 0 unspecified atom stereocenters. The molecular weight excluding hydrogens is 363 g/mol. The lowest BCUT2D eigenvalue weighted by Gasteiger charge is -2.33. The first-order valence-corrected chi connectivity index (χ1v) is 9.25. The van der Waals surface area contributed by atoms with Gasteiger partial charge in [0.25, 0.3) is 5.89 Å². The molecule has 0 saturated carbocycles. The number of piperidine rings is 1. The first-order chi connectivity index (χ1) is 13.2. The van der Waals surface area contributed by atoms with Gasteiger partial charge in [0.15, 0.2) is 5.82 Å². The molecule has 28 heavy (non-hydrogen) atoms. The van der Waals surface area contributed by atoms with E-state index in [1.807, 2.05) is 26.8 Å². The Hall–Kier alpha value is -2.95. The molecule has 0 bridgehead atoms.